The van der Waals surface area contributed by atoms with E-state index < -0.39 is 0 Å². The van der Waals surface area contributed by atoms with E-state index in [1.165, 1.54) is 6.20 Å². The summed E-state index contributed by atoms with van der Waals surface area (Å²) < 4.78 is 4.67. The van der Waals surface area contributed by atoms with Crippen molar-refractivity contribution < 1.29 is 14.7 Å². The van der Waals surface area contributed by atoms with Gasteiger partial charge in [-0.05, 0) is 71.7 Å². The van der Waals surface area contributed by atoms with Crippen LogP contribution in [0, 0.1) is 9.11 Å². The van der Waals surface area contributed by atoms with Gasteiger partial charge in [0.15, 0.2) is 0 Å². The van der Waals surface area contributed by atoms with Gasteiger partial charge in [0.1, 0.15) is 31.7 Å². The molecule has 0 fully saturated rings. The molecule has 0 spiro atoms. The molecule has 0 saturated carbocycles. The molecule has 0 bridgehead atoms. The second-order valence-corrected chi connectivity index (χ2v) is 10.3. The van der Waals surface area contributed by atoms with Crippen molar-refractivity contribution in [2.24, 2.45) is 0 Å². The highest BCUT2D eigenvalue weighted by molar-refractivity contribution is 14.1. The van der Waals surface area contributed by atoms with Gasteiger partial charge in [-0.1, -0.05) is 6.92 Å². The van der Waals surface area contributed by atoms with Gasteiger partial charge < -0.3 is 26.0 Å². The van der Waals surface area contributed by atoms with Crippen molar-refractivity contribution in [3.63, 3.8) is 0 Å². The second kappa shape index (κ2) is 10.7. The van der Waals surface area contributed by atoms with Crippen LogP contribution in [0.2, 0.25) is 0 Å². The first kappa shape index (κ1) is 25.8. The number of anilines is 3. The minimum atomic E-state index is -0.236. The minimum absolute atomic E-state index is 0.0167. The fourth-order valence-corrected chi connectivity index (χ4v) is 4.99. The van der Waals surface area contributed by atoms with Crippen LogP contribution in [-0.2, 0) is 17.9 Å². The number of nitrogens with zero attached hydrogens (tertiary/aromatic N) is 4. The molecule has 0 aliphatic carbocycles. The lowest BCUT2D eigenvalue weighted by Crippen LogP contribution is -2.30. The van der Waals surface area contributed by atoms with Crippen LogP contribution >= 0.6 is 34.1 Å². The molecule has 0 radical (unpaired) electrons. The van der Waals surface area contributed by atoms with E-state index in [0.29, 0.717) is 41.7 Å². The molecule has 11 nitrogen and oxygen atoms in total. The van der Waals surface area contributed by atoms with E-state index in [9.17, 15) is 14.7 Å². The number of amides is 2. The van der Waals surface area contributed by atoms with Gasteiger partial charge in [-0.2, -0.15) is 4.37 Å². The minimum Gasteiger partial charge on any atom is -0.492 e. The van der Waals surface area contributed by atoms with Gasteiger partial charge in [0.2, 0.25) is 11.8 Å². The molecule has 0 saturated heterocycles. The average Bonchev–Trinajstić information content (AvgIpc) is 3.42. The topological polar surface area (TPSA) is 156 Å². The highest BCUT2D eigenvalue weighted by Crippen LogP contribution is 2.33. The standard InChI is InChI=1S/C23H25IN8O3S/c1-4-17(33)30-20-14-10-32(9-13(14)7-15(24)28-20)23(35)12-5-6-16(26-8-12)29-22-18(21(34)31-36-22)19(25)27-11(2)3/h5-8,11H,4,9-10H2,1-3H3,(H2,25,27)(H,26,29)(H,31,34)(H,28,30,33). The highest BCUT2D eigenvalue weighted by atomic mass is 127. The number of fused-ring (bicyclic) bond motifs is 1. The Morgan fingerprint density at radius 1 is 1.31 bits per heavy atom. The Hall–Kier alpha value is -3.33. The van der Waals surface area contributed by atoms with Gasteiger partial charge in [-0.25, -0.2) is 9.97 Å². The molecule has 0 unspecified atom stereocenters. The second-order valence-electron chi connectivity index (χ2n) is 8.44. The predicted octanol–water partition coefficient (Wildman–Crippen LogP) is 3.81. The summed E-state index contributed by atoms with van der Waals surface area (Å²) >= 11 is 3.11. The number of aromatic hydroxyl groups is 1. The lowest BCUT2D eigenvalue weighted by molar-refractivity contribution is -0.115. The third-order valence-corrected chi connectivity index (χ3v) is 6.68. The molecular formula is C23H25IN8O3S. The molecule has 13 heteroatoms. The molecule has 1 aliphatic heterocycles. The maximum atomic E-state index is 13.2. The number of rotatable bonds is 7. The van der Waals surface area contributed by atoms with E-state index in [-0.39, 0.29) is 35.1 Å². The summed E-state index contributed by atoms with van der Waals surface area (Å²) in [6.07, 6.45) is 1.82. The summed E-state index contributed by atoms with van der Waals surface area (Å²) in [5.41, 5.74) is 2.47. The fraction of sp³-hybridized carbons (Fsp3) is 0.304. The molecule has 0 aromatic carbocycles. The zero-order valence-electron chi connectivity index (χ0n) is 19.8. The molecule has 1 aliphatic rings. The number of hydrogen-bond donors (Lipinski definition) is 5. The Kier molecular flexibility index (Phi) is 7.68. The SMILES string of the molecule is CCC(=O)Nc1nc(I)cc2c1CN(C(=O)c1ccc(Nc3snc(O)c3C(=N)NC(C)C)nc1)C2. The van der Waals surface area contributed by atoms with Crippen molar-refractivity contribution in [3.8, 4) is 5.88 Å². The van der Waals surface area contributed by atoms with Gasteiger partial charge >= 0.3 is 0 Å². The van der Waals surface area contributed by atoms with Crippen LogP contribution < -0.4 is 16.0 Å². The van der Waals surface area contributed by atoms with E-state index in [2.05, 4.69) is 52.9 Å². The smallest absolute Gasteiger partial charge is 0.256 e. The van der Waals surface area contributed by atoms with Gasteiger partial charge in [-0.15, -0.1) is 0 Å². The maximum absolute atomic E-state index is 13.2. The van der Waals surface area contributed by atoms with Crippen LogP contribution in [0.25, 0.3) is 0 Å². The first-order valence-electron chi connectivity index (χ1n) is 11.2. The molecule has 0 atom stereocenters. The van der Waals surface area contributed by atoms with Gasteiger partial charge in [0.05, 0.1) is 12.1 Å². The van der Waals surface area contributed by atoms with Gasteiger partial charge in [0.25, 0.3) is 5.91 Å². The fourth-order valence-electron chi connectivity index (χ4n) is 3.67. The van der Waals surface area contributed by atoms with Crippen molar-refractivity contribution in [2.75, 3.05) is 10.6 Å². The monoisotopic (exact) mass is 620 g/mol. The van der Waals surface area contributed by atoms with Crippen LogP contribution in [0.1, 0.15) is 54.2 Å². The highest BCUT2D eigenvalue weighted by Gasteiger charge is 2.28. The van der Waals surface area contributed by atoms with Gasteiger partial charge in [-0.3, -0.25) is 15.0 Å². The summed E-state index contributed by atoms with van der Waals surface area (Å²) in [6, 6.07) is 5.27. The normalized spacial score (nSPS) is 12.4. The first-order chi connectivity index (χ1) is 17.2. The van der Waals surface area contributed by atoms with Crippen LogP contribution in [0.4, 0.5) is 16.6 Å². The lowest BCUT2D eigenvalue weighted by atomic mass is 10.1. The molecule has 188 valence electrons. The maximum Gasteiger partial charge on any atom is 0.256 e. The largest absolute Gasteiger partial charge is 0.492 e. The number of carbonyl (C=O) groups excluding carboxylic acids is 2. The van der Waals surface area contributed by atoms with Crippen molar-refractivity contribution >= 4 is 68.4 Å². The van der Waals surface area contributed by atoms with E-state index >= 15 is 0 Å². The summed E-state index contributed by atoms with van der Waals surface area (Å²) in [7, 11) is 0. The van der Waals surface area contributed by atoms with Crippen LogP contribution in [-0.4, -0.2) is 48.0 Å². The van der Waals surface area contributed by atoms with Crippen molar-refractivity contribution in [2.45, 2.75) is 46.3 Å². The number of carbonyl (C=O) groups is 2. The summed E-state index contributed by atoms with van der Waals surface area (Å²) in [4.78, 5) is 35.6. The van der Waals surface area contributed by atoms with Crippen molar-refractivity contribution in [1.82, 2.24) is 24.6 Å². The number of hydrogen-bond acceptors (Lipinski definition) is 9. The van der Waals surface area contributed by atoms with E-state index in [4.69, 9.17) is 5.41 Å². The third-order valence-electron chi connectivity index (χ3n) is 5.37. The molecular weight excluding hydrogens is 595 g/mol. The predicted molar refractivity (Wildman–Crippen MR) is 146 cm³/mol. The number of pyridine rings is 2. The Bertz CT molecular complexity index is 1330. The van der Waals surface area contributed by atoms with Crippen molar-refractivity contribution in [1.29, 1.82) is 5.41 Å². The number of nitrogens with one attached hydrogen (secondary N) is 4. The molecule has 3 aromatic rings. The third kappa shape index (κ3) is 5.56. The summed E-state index contributed by atoms with van der Waals surface area (Å²) in [5, 5.41) is 27.6. The molecule has 36 heavy (non-hydrogen) atoms. The Morgan fingerprint density at radius 3 is 2.75 bits per heavy atom. The van der Waals surface area contributed by atoms with Gasteiger partial charge in [0, 0.05) is 30.8 Å². The zero-order valence-corrected chi connectivity index (χ0v) is 22.8. The zero-order chi connectivity index (χ0) is 26.0. The first-order valence-corrected chi connectivity index (χ1v) is 13.1. The molecule has 2 amide bonds. The Morgan fingerprint density at radius 2 is 2.08 bits per heavy atom. The van der Waals surface area contributed by atoms with Crippen molar-refractivity contribution in [3.05, 3.63) is 50.4 Å². The summed E-state index contributed by atoms with van der Waals surface area (Å²) in [5.74, 6) is 0.445. The summed E-state index contributed by atoms with van der Waals surface area (Å²) in [6.45, 7) is 6.32. The Balaban J connectivity index is 1.47. The molecule has 4 heterocycles. The molecule has 5 N–H and O–H groups in total. The lowest BCUT2D eigenvalue weighted by Gasteiger charge is -2.16. The van der Waals surface area contributed by atoms with E-state index in [0.717, 1.165) is 26.4 Å². The van der Waals surface area contributed by atoms with Crippen LogP contribution in [0.15, 0.2) is 24.4 Å². The molecule has 4 rings (SSSR count). The average molecular weight is 620 g/mol. The number of amidine groups is 1. The van der Waals surface area contributed by atoms with E-state index in [1.54, 1.807) is 24.0 Å². The van der Waals surface area contributed by atoms with Crippen LogP contribution in [0.3, 0.4) is 0 Å². The molecule has 3 aromatic heterocycles. The van der Waals surface area contributed by atoms with E-state index in [1.807, 2.05) is 19.9 Å². The quantitative estimate of drug-likeness (QED) is 0.116. The number of aromatic nitrogens is 3. The Labute approximate surface area is 225 Å². The van der Waals surface area contributed by atoms with Crippen LogP contribution in [0.5, 0.6) is 5.88 Å². The number of halogens is 1.